The molecule has 1 amide bonds. The largest absolute Gasteiger partial charge is 0.490 e. The van der Waals surface area contributed by atoms with E-state index >= 15 is 0 Å². The van der Waals surface area contributed by atoms with Gasteiger partial charge in [0.05, 0.1) is 19.6 Å². The van der Waals surface area contributed by atoms with Gasteiger partial charge in [-0.05, 0) is 55.7 Å². The molecule has 0 bridgehead atoms. The number of amides is 1. The zero-order valence-electron chi connectivity index (χ0n) is 15.0. The molecule has 0 fully saturated rings. The standard InChI is InChI=1S/C20H23BrFNO3/c1-3-25-18-11-15(17(21)13-19(18)26-4-2)12-20(24)23-9-8-14-6-5-7-16(22)10-14/h5-7,10-11,13H,3-4,8-9,12H2,1-2H3,(H,23,24). The Hall–Kier alpha value is -2.08. The summed E-state index contributed by atoms with van der Waals surface area (Å²) in [5, 5.41) is 2.86. The summed E-state index contributed by atoms with van der Waals surface area (Å²) in [6, 6.07) is 10.0. The van der Waals surface area contributed by atoms with Crippen LogP contribution in [0.3, 0.4) is 0 Å². The van der Waals surface area contributed by atoms with Crippen LogP contribution in [0.5, 0.6) is 11.5 Å². The Morgan fingerprint density at radius 2 is 1.81 bits per heavy atom. The van der Waals surface area contributed by atoms with Crippen molar-refractivity contribution in [3.8, 4) is 11.5 Å². The van der Waals surface area contributed by atoms with E-state index in [1.54, 1.807) is 6.07 Å². The minimum atomic E-state index is -0.268. The molecule has 0 aliphatic carbocycles. The van der Waals surface area contributed by atoms with Gasteiger partial charge >= 0.3 is 0 Å². The molecule has 1 N–H and O–H groups in total. The summed E-state index contributed by atoms with van der Waals surface area (Å²) >= 11 is 3.49. The van der Waals surface area contributed by atoms with Gasteiger partial charge < -0.3 is 14.8 Å². The van der Waals surface area contributed by atoms with E-state index < -0.39 is 0 Å². The van der Waals surface area contributed by atoms with Crippen LogP contribution in [-0.2, 0) is 17.6 Å². The maximum Gasteiger partial charge on any atom is 0.224 e. The van der Waals surface area contributed by atoms with E-state index in [9.17, 15) is 9.18 Å². The van der Waals surface area contributed by atoms with Crippen LogP contribution in [0.4, 0.5) is 4.39 Å². The Bertz CT molecular complexity index is 752. The van der Waals surface area contributed by atoms with Crippen molar-refractivity contribution in [3.05, 3.63) is 57.8 Å². The van der Waals surface area contributed by atoms with Crippen molar-refractivity contribution in [1.29, 1.82) is 0 Å². The molecule has 2 rings (SSSR count). The van der Waals surface area contributed by atoms with Gasteiger partial charge in [0.2, 0.25) is 5.91 Å². The summed E-state index contributed by atoms with van der Waals surface area (Å²) in [7, 11) is 0. The Balaban J connectivity index is 1.96. The highest BCUT2D eigenvalue weighted by Crippen LogP contribution is 2.34. The number of carbonyl (C=O) groups excluding carboxylic acids is 1. The zero-order chi connectivity index (χ0) is 18.9. The number of nitrogens with one attached hydrogen (secondary N) is 1. The van der Waals surface area contributed by atoms with Gasteiger partial charge in [0, 0.05) is 11.0 Å². The minimum absolute atomic E-state index is 0.103. The molecule has 0 saturated carbocycles. The normalized spacial score (nSPS) is 10.5. The highest BCUT2D eigenvalue weighted by molar-refractivity contribution is 9.10. The predicted octanol–water partition coefficient (Wildman–Crippen LogP) is 4.29. The fourth-order valence-electron chi connectivity index (χ4n) is 2.52. The van der Waals surface area contributed by atoms with E-state index in [-0.39, 0.29) is 18.1 Å². The molecule has 0 radical (unpaired) electrons. The summed E-state index contributed by atoms with van der Waals surface area (Å²) in [5.41, 5.74) is 1.67. The lowest BCUT2D eigenvalue weighted by Gasteiger charge is -2.14. The van der Waals surface area contributed by atoms with E-state index in [1.807, 2.05) is 32.0 Å². The number of benzene rings is 2. The number of hydrogen-bond acceptors (Lipinski definition) is 3. The molecule has 4 nitrogen and oxygen atoms in total. The van der Waals surface area contributed by atoms with Crippen LogP contribution in [0.1, 0.15) is 25.0 Å². The molecule has 2 aromatic rings. The summed E-state index contributed by atoms with van der Waals surface area (Å²) < 4.78 is 25.1. The third-order valence-electron chi connectivity index (χ3n) is 3.69. The fourth-order valence-corrected chi connectivity index (χ4v) is 2.99. The van der Waals surface area contributed by atoms with Crippen molar-refractivity contribution in [1.82, 2.24) is 5.32 Å². The first-order chi connectivity index (χ1) is 12.5. The smallest absolute Gasteiger partial charge is 0.224 e. The van der Waals surface area contributed by atoms with Gasteiger partial charge in [0.15, 0.2) is 11.5 Å². The summed E-state index contributed by atoms with van der Waals surface area (Å²) in [5.74, 6) is 0.904. The SMILES string of the molecule is CCOc1cc(Br)c(CC(=O)NCCc2cccc(F)c2)cc1OCC. The van der Waals surface area contributed by atoms with E-state index in [0.29, 0.717) is 37.7 Å². The lowest BCUT2D eigenvalue weighted by Crippen LogP contribution is -2.27. The third-order valence-corrected chi connectivity index (χ3v) is 4.43. The second-order valence-corrected chi connectivity index (χ2v) is 6.52. The average Bonchev–Trinajstić information content (AvgIpc) is 2.59. The van der Waals surface area contributed by atoms with Gasteiger partial charge in [0.1, 0.15) is 5.82 Å². The zero-order valence-corrected chi connectivity index (χ0v) is 16.6. The van der Waals surface area contributed by atoms with Crippen molar-refractivity contribution in [2.75, 3.05) is 19.8 Å². The van der Waals surface area contributed by atoms with Crippen LogP contribution < -0.4 is 14.8 Å². The lowest BCUT2D eigenvalue weighted by atomic mass is 10.1. The molecule has 0 atom stereocenters. The molecule has 0 saturated heterocycles. The maximum absolute atomic E-state index is 13.2. The van der Waals surface area contributed by atoms with E-state index in [1.165, 1.54) is 12.1 Å². The van der Waals surface area contributed by atoms with Crippen molar-refractivity contribution in [2.45, 2.75) is 26.7 Å². The van der Waals surface area contributed by atoms with Gasteiger partial charge in [-0.25, -0.2) is 4.39 Å². The summed E-state index contributed by atoms with van der Waals surface area (Å²) in [4.78, 5) is 12.2. The topological polar surface area (TPSA) is 47.6 Å². The van der Waals surface area contributed by atoms with Gasteiger partial charge in [-0.2, -0.15) is 0 Å². The highest BCUT2D eigenvalue weighted by Gasteiger charge is 2.13. The first kappa shape index (κ1) is 20.2. The third kappa shape index (κ3) is 6.02. The van der Waals surface area contributed by atoms with E-state index in [2.05, 4.69) is 21.2 Å². The van der Waals surface area contributed by atoms with Gasteiger partial charge in [-0.3, -0.25) is 4.79 Å². The molecule has 0 spiro atoms. The Labute approximate surface area is 161 Å². The summed E-state index contributed by atoms with van der Waals surface area (Å²) in [6.07, 6.45) is 0.800. The van der Waals surface area contributed by atoms with Crippen molar-refractivity contribution in [2.24, 2.45) is 0 Å². The summed E-state index contributed by atoms with van der Waals surface area (Å²) in [6.45, 7) is 5.31. The molecular weight excluding hydrogens is 401 g/mol. The van der Waals surface area contributed by atoms with Crippen molar-refractivity contribution >= 4 is 21.8 Å². The number of hydrogen-bond donors (Lipinski definition) is 1. The Morgan fingerprint density at radius 1 is 1.12 bits per heavy atom. The quantitative estimate of drug-likeness (QED) is 0.654. The molecule has 0 aliphatic heterocycles. The first-order valence-electron chi connectivity index (χ1n) is 8.62. The fraction of sp³-hybridized carbons (Fsp3) is 0.350. The number of rotatable bonds is 9. The van der Waals surface area contributed by atoms with E-state index in [4.69, 9.17) is 9.47 Å². The second-order valence-electron chi connectivity index (χ2n) is 5.66. The first-order valence-corrected chi connectivity index (χ1v) is 9.42. The highest BCUT2D eigenvalue weighted by atomic mass is 79.9. The maximum atomic E-state index is 13.2. The Morgan fingerprint density at radius 3 is 2.46 bits per heavy atom. The van der Waals surface area contributed by atoms with Crippen molar-refractivity contribution < 1.29 is 18.7 Å². The molecular formula is C20H23BrFNO3. The number of carbonyl (C=O) groups is 1. The van der Waals surface area contributed by atoms with Crippen LogP contribution in [0, 0.1) is 5.82 Å². The van der Waals surface area contributed by atoms with Crippen LogP contribution in [0.2, 0.25) is 0 Å². The van der Waals surface area contributed by atoms with Gasteiger partial charge in [-0.1, -0.05) is 28.1 Å². The number of ether oxygens (including phenoxy) is 2. The van der Waals surface area contributed by atoms with E-state index in [0.717, 1.165) is 15.6 Å². The van der Waals surface area contributed by atoms with Crippen molar-refractivity contribution in [3.63, 3.8) is 0 Å². The molecule has 26 heavy (non-hydrogen) atoms. The molecule has 140 valence electrons. The van der Waals surface area contributed by atoms with Gasteiger partial charge in [0.25, 0.3) is 0 Å². The molecule has 2 aromatic carbocycles. The average molecular weight is 424 g/mol. The number of halogens is 2. The van der Waals surface area contributed by atoms with Crippen LogP contribution in [0.25, 0.3) is 0 Å². The molecule has 0 heterocycles. The monoisotopic (exact) mass is 423 g/mol. The molecule has 0 unspecified atom stereocenters. The Kier molecular flexibility index (Phi) is 7.91. The predicted molar refractivity (Wildman–Crippen MR) is 103 cm³/mol. The lowest BCUT2D eigenvalue weighted by molar-refractivity contribution is -0.120. The van der Waals surface area contributed by atoms with Crippen LogP contribution in [0.15, 0.2) is 40.9 Å². The van der Waals surface area contributed by atoms with Gasteiger partial charge in [-0.15, -0.1) is 0 Å². The van der Waals surface area contributed by atoms with Crippen LogP contribution in [-0.4, -0.2) is 25.7 Å². The second kappa shape index (κ2) is 10.2. The molecule has 0 aliphatic rings. The van der Waals surface area contributed by atoms with Crippen LogP contribution >= 0.6 is 15.9 Å². The minimum Gasteiger partial charge on any atom is -0.490 e. The molecule has 0 aromatic heterocycles. The molecule has 6 heteroatoms.